The van der Waals surface area contributed by atoms with Gasteiger partial charge in [0.15, 0.2) is 5.82 Å². The average Bonchev–Trinajstić information content (AvgIpc) is 3.27. The molecule has 0 fully saturated rings. The van der Waals surface area contributed by atoms with Gasteiger partial charge in [-0.3, -0.25) is 4.79 Å². The van der Waals surface area contributed by atoms with Crippen molar-refractivity contribution in [2.75, 3.05) is 25.1 Å². The molecular formula is C26H26N4O3. The number of nitrogens with zero attached hydrogens (tertiary/aromatic N) is 3. The minimum atomic E-state index is -0.158. The average molecular weight is 443 g/mol. The zero-order chi connectivity index (χ0) is 23.0. The summed E-state index contributed by atoms with van der Waals surface area (Å²) in [6.07, 6.45) is 0. The first-order chi connectivity index (χ1) is 16.2. The molecule has 1 N–H and O–H groups in total. The molecule has 7 heteroatoms. The van der Waals surface area contributed by atoms with E-state index in [4.69, 9.17) is 9.47 Å². The normalized spacial score (nSPS) is 10.7. The van der Waals surface area contributed by atoms with E-state index in [-0.39, 0.29) is 11.9 Å². The first-order valence-corrected chi connectivity index (χ1v) is 10.9. The number of hydrogen-bond donors (Lipinski definition) is 1. The molecule has 0 aliphatic carbocycles. The van der Waals surface area contributed by atoms with Crippen LogP contribution < -0.4 is 10.1 Å². The number of carbonyl (C=O) groups is 1. The summed E-state index contributed by atoms with van der Waals surface area (Å²) < 4.78 is 12.8. The van der Waals surface area contributed by atoms with Crippen LogP contribution in [0.4, 0.5) is 5.69 Å². The number of carbonyl (C=O) groups excluding carboxylic acids is 1. The van der Waals surface area contributed by atoms with Crippen LogP contribution in [0.15, 0.2) is 78.9 Å². The van der Waals surface area contributed by atoms with Gasteiger partial charge in [0, 0.05) is 23.4 Å². The monoisotopic (exact) mass is 442 g/mol. The van der Waals surface area contributed by atoms with E-state index in [1.807, 2.05) is 80.6 Å². The van der Waals surface area contributed by atoms with Gasteiger partial charge in [-0.05, 0) is 55.8 Å². The van der Waals surface area contributed by atoms with Gasteiger partial charge in [-0.2, -0.15) is 4.98 Å². The molecule has 0 unspecified atom stereocenters. The predicted molar refractivity (Wildman–Crippen MR) is 128 cm³/mol. The number of nitrogens with one attached hydrogen (secondary N) is 1. The molecule has 3 aromatic carbocycles. The highest BCUT2D eigenvalue weighted by molar-refractivity contribution is 6.04. The highest BCUT2D eigenvalue weighted by Gasteiger charge is 2.16. The van der Waals surface area contributed by atoms with Gasteiger partial charge in [0.2, 0.25) is 0 Å². The Labute approximate surface area is 193 Å². The van der Waals surface area contributed by atoms with Gasteiger partial charge in [0.25, 0.3) is 5.91 Å². The molecule has 168 valence electrons. The van der Waals surface area contributed by atoms with Crippen molar-refractivity contribution in [2.24, 2.45) is 0 Å². The second-order valence-corrected chi connectivity index (χ2v) is 7.36. The lowest BCUT2D eigenvalue weighted by molar-refractivity contribution is 0.102. The molecule has 0 aliphatic heterocycles. The number of hydrogen-bond acceptors (Lipinski definition) is 5. The maximum absolute atomic E-state index is 12.4. The van der Waals surface area contributed by atoms with Gasteiger partial charge >= 0.3 is 6.01 Å². The third-order valence-corrected chi connectivity index (χ3v) is 5.04. The molecule has 1 heterocycles. The van der Waals surface area contributed by atoms with E-state index in [0.717, 1.165) is 16.8 Å². The topological polar surface area (TPSA) is 78.3 Å². The molecule has 0 atom stereocenters. The number of rotatable bonds is 9. The number of ether oxygens (including phenoxy) is 2. The lowest BCUT2D eigenvalue weighted by Gasteiger charge is -2.09. The van der Waals surface area contributed by atoms with Crippen LogP contribution in [0.1, 0.15) is 22.8 Å². The van der Waals surface area contributed by atoms with Crippen LogP contribution >= 0.6 is 0 Å². The van der Waals surface area contributed by atoms with Crippen LogP contribution in [-0.4, -0.2) is 40.5 Å². The zero-order valence-electron chi connectivity index (χ0n) is 18.7. The summed E-state index contributed by atoms with van der Waals surface area (Å²) in [7, 11) is 0. The Bertz CT molecular complexity index is 1200. The van der Waals surface area contributed by atoms with E-state index < -0.39 is 0 Å². The molecule has 1 amide bonds. The Morgan fingerprint density at radius 2 is 1.67 bits per heavy atom. The first kappa shape index (κ1) is 22.2. The van der Waals surface area contributed by atoms with E-state index in [1.165, 1.54) is 0 Å². The molecule has 33 heavy (non-hydrogen) atoms. The summed E-state index contributed by atoms with van der Waals surface area (Å²) in [6.45, 7) is 5.45. The number of aryl methyl sites for hydroxylation is 1. The number of amides is 1. The predicted octanol–water partition coefficient (Wildman–Crippen LogP) is 4.91. The Hall–Kier alpha value is -3.97. The molecule has 0 saturated heterocycles. The fraction of sp³-hybridized carbons (Fsp3) is 0.192. The van der Waals surface area contributed by atoms with Crippen LogP contribution in [0.3, 0.4) is 0 Å². The second-order valence-electron chi connectivity index (χ2n) is 7.36. The molecule has 7 nitrogen and oxygen atoms in total. The summed E-state index contributed by atoms with van der Waals surface area (Å²) in [4.78, 5) is 17.1. The molecule has 0 saturated carbocycles. The summed E-state index contributed by atoms with van der Waals surface area (Å²) in [5, 5.41) is 7.49. The number of aromatic nitrogens is 3. The molecule has 4 rings (SSSR count). The first-order valence-electron chi connectivity index (χ1n) is 10.9. The molecule has 0 radical (unpaired) electrons. The van der Waals surface area contributed by atoms with E-state index in [9.17, 15) is 4.79 Å². The van der Waals surface area contributed by atoms with E-state index in [0.29, 0.717) is 36.9 Å². The van der Waals surface area contributed by atoms with E-state index >= 15 is 0 Å². The van der Waals surface area contributed by atoms with Gasteiger partial charge in [-0.25, -0.2) is 4.68 Å². The van der Waals surface area contributed by atoms with Crippen molar-refractivity contribution in [3.05, 3.63) is 90.0 Å². The van der Waals surface area contributed by atoms with Crippen LogP contribution in [-0.2, 0) is 4.74 Å². The lowest BCUT2D eigenvalue weighted by Crippen LogP contribution is -2.11. The molecule has 1 aromatic heterocycles. The number of benzene rings is 3. The Morgan fingerprint density at radius 3 is 2.39 bits per heavy atom. The highest BCUT2D eigenvalue weighted by atomic mass is 16.5. The Balaban J connectivity index is 1.59. The minimum absolute atomic E-state index is 0.158. The van der Waals surface area contributed by atoms with Gasteiger partial charge in [0.1, 0.15) is 6.61 Å². The van der Waals surface area contributed by atoms with Crippen LogP contribution in [0.5, 0.6) is 6.01 Å². The van der Waals surface area contributed by atoms with Gasteiger partial charge < -0.3 is 14.8 Å². The van der Waals surface area contributed by atoms with Crippen molar-refractivity contribution in [1.82, 2.24) is 14.8 Å². The summed E-state index contributed by atoms with van der Waals surface area (Å²) in [5.74, 6) is 0.523. The lowest BCUT2D eigenvalue weighted by atomic mass is 10.1. The van der Waals surface area contributed by atoms with E-state index in [1.54, 1.807) is 16.8 Å². The fourth-order valence-corrected chi connectivity index (χ4v) is 3.35. The van der Waals surface area contributed by atoms with Crippen molar-refractivity contribution in [2.45, 2.75) is 13.8 Å². The van der Waals surface area contributed by atoms with Crippen molar-refractivity contribution in [3.63, 3.8) is 0 Å². The maximum atomic E-state index is 12.4. The quantitative estimate of drug-likeness (QED) is 0.373. The largest absolute Gasteiger partial charge is 0.460 e. The molecule has 4 aromatic rings. The van der Waals surface area contributed by atoms with Crippen LogP contribution in [0, 0.1) is 6.92 Å². The standard InChI is InChI=1S/C26H26N4O3/c1-3-32-17-18-33-26-28-24(23-12-8-7-9-19(23)2)30(29-26)22-15-13-21(14-16-22)27-25(31)20-10-5-4-6-11-20/h4-16H,3,17-18H2,1-2H3,(H,27,31). The Morgan fingerprint density at radius 1 is 0.939 bits per heavy atom. The molecular weight excluding hydrogens is 416 g/mol. The van der Waals surface area contributed by atoms with Gasteiger partial charge in [-0.15, -0.1) is 5.10 Å². The van der Waals surface area contributed by atoms with Crippen LogP contribution in [0.2, 0.25) is 0 Å². The zero-order valence-corrected chi connectivity index (χ0v) is 18.7. The second kappa shape index (κ2) is 10.6. The SMILES string of the molecule is CCOCCOc1nc(-c2ccccc2C)n(-c2ccc(NC(=O)c3ccccc3)cc2)n1. The highest BCUT2D eigenvalue weighted by Crippen LogP contribution is 2.27. The summed E-state index contributed by atoms with van der Waals surface area (Å²) in [5.41, 5.74) is 4.15. The van der Waals surface area contributed by atoms with Crippen molar-refractivity contribution in [3.8, 4) is 23.1 Å². The van der Waals surface area contributed by atoms with E-state index in [2.05, 4.69) is 15.4 Å². The fourth-order valence-electron chi connectivity index (χ4n) is 3.35. The third-order valence-electron chi connectivity index (χ3n) is 5.04. The molecule has 0 spiro atoms. The van der Waals surface area contributed by atoms with Crippen molar-refractivity contribution >= 4 is 11.6 Å². The summed E-state index contributed by atoms with van der Waals surface area (Å²) in [6, 6.07) is 24.9. The van der Waals surface area contributed by atoms with Crippen LogP contribution in [0.25, 0.3) is 17.1 Å². The molecule has 0 bridgehead atoms. The van der Waals surface area contributed by atoms with Gasteiger partial charge in [-0.1, -0.05) is 42.5 Å². The van der Waals surface area contributed by atoms with Crippen molar-refractivity contribution in [1.29, 1.82) is 0 Å². The maximum Gasteiger partial charge on any atom is 0.336 e. The number of anilines is 1. The van der Waals surface area contributed by atoms with Crippen molar-refractivity contribution < 1.29 is 14.3 Å². The van der Waals surface area contributed by atoms with Gasteiger partial charge in [0.05, 0.1) is 12.3 Å². The summed E-state index contributed by atoms with van der Waals surface area (Å²) >= 11 is 0. The third kappa shape index (κ3) is 5.45. The Kier molecular flexibility index (Phi) is 7.12. The molecule has 0 aliphatic rings. The smallest absolute Gasteiger partial charge is 0.336 e. The minimum Gasteiger partial charge on any atom is -0.460 e.